The molecule has 3 nitrogen and oxygen atoms in total. The Morgan fingerprint density at radius 1 is 1.20 bits per heavy atom. The van der Waals surface area contributed by atoms with E-state index in [4.69, 9.17) is 4.98 Å². The molecule has 1 fully saturated rings. The van der Waals surface area contributed by atoms with Crippen LogP contribution in [-0.4, -0.2) is 23.2 Å². The number of thiazole rings is 1. The molecule has 1 unspecified atom stereocenters. The monoisotopic (exact) mass is 294 g/mol. The fourth-order valence-electron chi connectivity index (χ4n) is 3.45. The van der Waals surface area contributed by atoms with E-state index in [-0.39, 0.29) is 6.10 Å². The summed E-state index contributed by atoms with van der Waals surface area (Å²) in [6.07, 6.45) is 5.27. The van der Waals surface area contributed by atoms with Crippen LogP contribution in [0, 0.1) is 11.3 Å². The number of rotatable bonds is 1. The molecule has 2 heterocycles. The average molecular weight is 294 g/mol. The van der Waals surface area contributed by atoms with Crippen molar-refractivity contribution >= 4 is 16.5 Å². The average Bonchev–Trinajstić information content (AvgIpc) is 2.83. The summed E-state index contributed by atoms with van der Waals surface area (Å²) >= 11 is 1.81. The number of hydrogen-bond donors (Lipinski definition) is 1. The molecule has 0 amide bonds. The zero-order valence-electron chi connectivity index (χ0n) is 12.9. The number of aliphatic hydroxyl groups is 1. The van der Waals surface area contributed by atoms with E-state index < -0.39 is 0 Å². The Hall–Kier alpha value is -0.610. The maximum atomic E-state index is 10.0. The molecule has 0 spiro atoms. The van der Waals surface area contributed by atoms with Gasteiger partial charge in [0.05, 0.1) is 11.8 Å². The van der Waals surface area contributed by atoms with Crippen LogP contribution in [0.3, 0.4) is 0 Å². The standard InChI is InChI=1S/C16H26N2OS/c1-16(2,3)11-7-9-18(10-8-11)15-17-14-12(19)5-4-6-13(14)20-15/h11-12,19H,4-10H2,1-3H3. The van der Waals surface area contributed by atoms with Crippen LogP contribution in [-0.2, 0) is 6.42 Å². The van der Waals surface area contributed by atoms with Gasteiger partial charge in [-0.05, 0) is 43.4 Å². The first-order valence-electron chi connectivity index (χ1n) is 7.88. The molecule has 2 aliphatic rings. The molecule has 1 aromatic rings. The van der Waals surface area contributed by atoms with E-state index in [2.05, 4.69) is 25.7 Å². The quantitative estimate of drug-likeness (QED) is 0.856. The predicted octanol–water partition coefficient (Wildman–Crippen LogP) is 3.78. The summed E-state index contributed by atoms with van der Waals surface area (Å²) in [4.78, 5) is 8.48. The number of piperidine rings is 1. The van der Waals surface area contributed by atoms with Gasteiger partial charge < -0.3 is 10.0 Å². The van der Waals surface area contributed by atoms with Crippen molar-refractivity contribution in [2.45, 2.75) is 59.0 Å². The summed E-state index contributed by atoms with van der Waals surface area (Å²) in [5, 5.41) is 11.2. The van der Waals surface area contributed by atoms with E-state index in [0.29, 0.717) is 5.41 Å². The van der Waals surface area contributed by atoms with Crippen LogP contribution in [0.1, 0.15) is 63.1 Å². The Bertz CT molecular complexity index is 469. The molecule has 0 saturated carbocycles. The zero-order valence-corrected chi connectivity index (χ0v) is 13.7. The summed E-state index contributed by atoms with van der Waals surface area (Å²) in [5.74, 6) is 0.818. The van der Waals surface area contributed by atoms with Crippen LogP contribution in [0.25, 0.3) is 0 Å². The first-order chi connectivity index (χ1) is 9.45. The van der Waals surface area contributed by atoms with Gasteiger partial charge in [0.2, 0.25) is 0 Å². The van der Waals surface area contributed by atoms with Gasteiger partial charge in [0.15, 0.2) is 5.13 Å². The number of hydrogen-bond acceptors (Lipinski definition) is 4. The van der Waals surface area contributed by atoms with Gasteiger partial charge in [-0.3, -0.25) is 0 Å². The number of aliphatic hydroxyl groups excluding tert-OH is 1. The minimum atomic E-state index is -0.323. The number of aromatic nitrogens is 1. The molecule has 4 heteroatoms. The Kier molecular flexibility index (Phi) is 3.80. The molecule has 1 saturated heterocycles. The third-order valence-corrected chi connectivity index (χ3v) is 6.10. The highest BCUT2D eigenvalue weighted by Gasteiger charge is 2.31. The largest absolute Gasteiger partial charge is 0.387 e. The molecule has 0 radical (unpaired) electrons. The topological polar surface area (TPSA) is 36.4 Å². The lowest BCUT2D eigenvalue weighted by Crippen LogP contribution is -2.38. The molecule has 1 aliphatic carbocycles. The molecule has 0 aromatic carbocycles. The van der Waals surface area contributed by atoms with Crippen molar-refractivity contribution in [3.05, 3.63) is 10.6 Å². The van der Waals surface area contributed by atoms with Crippen molar-refractivity contribution < 1.29 is 5.11 Å². The summed E-state index contributed by atoms with van der Waals surface area (Å²) < 4.78 is 0. The van der Waals surface area contributed by atoms with E-state index in [0.717, 1.165) is 49.1 Å². The van der Waals surface area contributed by atoms with E-state index in [1.54, 1.807) is 0 Å². The van der Waals surface area contributed by atoms with Gasteiger partial charge in [-0.25, -0.2) is 4.98 Å². The number of aryl methyl sites for hydroxylation is 1. The van der Waals surface area contributed by atoms with Gasteiger partial charge in [0.1, 0.15) is 0 Å². The molecule has 3 rings (SSSR count). The van der Waals surface area contributed by atoms with E-state index >= 15 is 0 Å². The van der Waals surface area contributed by atoms with Crippen LogP contribution < -0.4 is 4.90 Å². The van der Waals surface area contributed by atoms with Crippen LogP contribution in [0.5, 0.6) is 0 Å². The Morgan fingerprint density at radius 3 is 2.50 bits per heavy atom. The van der Waals surface area contributed by atoms with E-state index in [9.17, 15) is 5.11 Å². The molecule has 112 valence electrons. The molecular formula is C16H26N2OS. The highest BCUT2D eigenvalue weighted by molar-refractivity contribution is 7.15. The Morgan fingerprint density at radius 2 is 1.90 bits per heavy atom. The molecular weight excluding hydrogens is 268 g/mol. The third-order valence-electron chi connectivity index (χ3n) is 4.90. The van der Waals surface area contributed by atoms with Crippen LogP contribution in [0.4, 0.5) is 5.13 Å². The normalized spacial score (nSPS) is 24.8. The SMILES string of the molecule is CC(C)(C)C1CCN(c2nc3c(s2)CCCC3O)CC1. The van der Waals surface area contributed by atoms with Crippen LogP contribution in [0.2, 0.25) is 0 Å². The highest BCUT2D eigenvalue weighted by Crippen LogP contribution is 2.39. The van der Waals surface area contributed by atoms with Crippen molar-refractivity contribution in [2.75, 3.05) is 18.0 Å². The van der Waals surface area contributed by atoms with Gasteiger partial charge in [-0.15, -0.1) is 11.3 Å². The van der Waals surface area contributed by atoms with Crippen molar-refractivity contribution in [1.82, 2.24) is 4.98 Å². The molecule has 1 aromatic heterocycles. The van der Waals surface area contributed by atoms with Crippen LogP contribution in [0.15, 0.2) is 0 Å². The second-order valence-electron chi connectivity index (χ2n) is 7.34. The fourth-order valence-corrected chi connectivity index (χ4v) is 4.66. The molecule has 1 aliphatic heterocycles. The third kappa shape index (κ3) is 2.73. The summed E-state index contributed by atoms with van der Waals surface area (Å²) in [5.41, 5.74) is 1.39. The first kappa shape index (κ1) is 14.3. The highest BCUT2D eigenvalue weighted by atomic mass is 32.1. The molecule has 0 bridgehead atoms. The Labute approximate surface area is 126 Å². The summed E-state index contributed by atoms with van der Waals surface area (Å²) in [6.45, 7) is 9.29. The van der Waals surface area contributed by atoms with Crippen molar-refractivity contribution in [2.24, 2.45) is 11.3 Å². The number of fused-ring (bicyclic) bond motifs is 1. The molecule has 1 N–H and O–H groups in total. The lowest BCUT2D eigenvalue weighted by molar-refractivity contribution is 0.153. The predicted molar refractivity (Wildman–Crippen MR) is 84.4 cm³/mol. The zero-order chi connectivity index (χ0) is 14.3. The van der Waals surface area contributed by atoms with Gasteiger partial charge >= 0.3 is 0 Å². The van der Waals surface area contributed by atoms with Gasteiger partial charge in [-0.2, -0.15) is 0 Å². The first-order valence-corrected chi connectivity index (χ1v) is 8.69. The lowest BCUT2D eigenvalue weighted by Gasteiger charge is -2.38. The fraction of sp³-hybridized carbons (Fsp3) is 0.812. The Balaban J connectivity index is 1.70. The van der Waals surface area contributed by atoms with E-state index in [1.165, 1.54) is 17.7 Å². The summed E-state index contributed by atoms with van der Waals surface area (Å²) in [6, 6.07) is 0. The van der Waals surface area contributed by atoms with Crippen molar-refractivity contribution in [3.8, 4) is 0 Å². The van der Waals surface area contributed by atoms with E-state index in [1.807, 2.05) is 11.3 Å². The van der Waals surface area contributed by atoms with Crippen molar-refractivity contribution in [1.29, 1.82) is 0 Å². The van der Waals surface area contributed by atoms with Gasteiger partial charge in [0.25, 0.3) is 0 Å². The second-order valence-corrected chi connectivity index (χ2v) is 8.40. The van der Waals surface area contributed by atoms with Gasteiger partial charge in [0, 0.05) is 18.0 Å². The van der Waals surface area contributed by atoms with Crippen LogP contribution >= 0.6 is 11.3 Å². The smallest absolute Gasteiger partial charge is 0.185 e. The minimum Gasteiger partial charge on any atom is -0.387 e. The number of nitrogens with zero attached hydrogens (tertiary/aromatic N) is 2. The number of anilines is 1. The molecule has 20 heavy (non-hydrogen) atoms. The minimum absolute atomic E-state index is 0.323. The maximum Gasteiger partial charge on any atom is 0.185 e. The lowest BCUT2D eigenvalue weighted by atomic mass is 9.75. The van der Waals surface area contributed by atoms with Crippen molar-refractivity contribution in [3.63, 3.8) is 0 Å². The second kappa shape index (κ2) is 5.30. The maximum absolute atomic E-state index is 10.0. The summed E-state index contributed by atoms with van der Waals surface area (Å²) in [7, 11) is 0. The molecule has 1 atom stereocenters. The van der Waals surface area contributed by atoms with Gasteiger partial charge in [-0.1, -0.05) is 20.8 Å².